The fourth-order valence-corrected chi connectivity index (χ4v) is 7.45. The van der Waals surface area contributed by atoms with Crippen LogP contribution < -0.4 is 11.1 Å². The molecule has 12 heteroatoms. The maximum atomic E-state index is 13.6. The molecule has 0 aliphatic rings. The Morgan fingerprint density at radius 3 is 2.24 bits per heavy atom. The van der Waals surface area contributed by atoms with Crippen molar-refractivity contribution >= 4 is 37.0 Å². The largest absolute Gasteiger partial charge is 0.465 e. The number of benzene rings is 1. The van der Waals surface area contributed by atoms with Crippen LogP contribution in [0.5, 0.6) is 0 Å². The van der Waals surface area contributed by atoms with Gasteiger partial charge in [-0.15, -0.1) is 0 Å². The van der Waals surface area contributed by atoms with Crippen molar-refractivity contribution in [2.45, 2.75) is 111 Å². The van der Waals surface area contributed by atoms with Gasteiger partial charge < -0.3 is 35.7 Å². The quantitative estimate of drug-likeness (QED) is 0.0641. The lowest BCUT2D eigenvalue weighted by Gasteiger charge is -2.36. The number of carbonyl (C=O) groups is 3. The van der Waals surface area contributed by atoms with Crippen LogP contribution in [-0.2, 0) is 20.7 Å². The van der Waals surface area contributed by atoms with E-state index in [0.717, 1.165) is 40.3 Å². The minimum atomic E-state index is -1.33. The van der Waals surface area contributed by atoms with Gasteiger partial charge in [-0.05, 0) is 78.7 Å². The summed E-state index contributed by atoms with van der Waals surface area (Å²) in [7, 11) is 0.373. The third kappa shape index (κ3) is 13.7. The highest BCUT2D eigenvalue weighted by atomic mass is 28.3. The first-order chi connectivity index (χ1) is 23.4. The first kappa shape index (κ1) is 43.2. The lowest BCUT2D eigenvalue weighted by atomic mass is 9.74. The summed E-state index contributed by atoms with van der Waals surface area (Å²) in [5, 5.41) is 25.4. The van der Waals surface area contributed by atoms with Crippen LogP contribution >= 0.6 is 0 Å². The fourth-order valence-electron chi connectivity index (χ4n) is 6.70. The van der Waals surface area contributed by atoms with Crippen LogP contribution in [0.4, 0.5) is 9.59 Å². The monoisotopic (exact) mass is 718 g/mol. The van der Waals surface area contributed by atoms with Crippen molar-refractivity contribution in [2.75, 3.05) is 33.5 Å². The van der Waals surface area contributed by atoms with E-state index in [0.29, 0.717) is 26.2 Å². The van der Waals surface area contributed by atoms with E-state index in [1.807, 2.05) is 27.7 Å². The number of amides is 4. The molecule has 0 saturated carbocycles. The highest BCUT2D eigenvalue weighted by molar-refractivity contribution is 6.76. The number of ether oxygens (including phenoxy) is 2. The summed E-state index contributed by atoms with van der Waals surface area (Å²) < 4.78 is 11.7. The number of aryl methyl sites for hydroxylation is 1. The lowest BCUT2D eigenvalue weighted by Crippen LogP contribution is -2.50. The first-order valence-corrected chi connectivity index (χ1v) is 22.0. The smallest absolute Gasteiger partial charge is 0.404 e. The molecular formula is C38H66N4O7Si. The predicted octanol–water partition coefficient (Wildman–Crippen LogP) is 7.07. The van der Waals surface area contributed by atoms with Crippen molar-refractivity contribution < 1.29 is 34.1 Å². The van der Waals surface area contributed by atoms with Gasteiger partial charge in [-0.3, -0.25) is 9.69 Å². The molecule has 2 rings (SSSR count). The molecule has 5 atom stereocenters. The van der Waals surface area contributed by atoms with Crippen LogP contribution in [0.1, 0.15) is 77.8 Å². The molecule has 0 aliphatic carbocycles. The molecule has 1 heterocycles. The molecule has 6 N–H and O–H groups in total. The number of carboxylic acid groups (broad SMARTS) is 1. The van der Waals surface area contributed by atoms with E-state index in [1.54, 1.807) is 7.11 Å². The number of hydrogen-bond donors (Lipinski definition) is 5. The number of rotatable bonds is 22. The number of fused-ring (bicyclic) bond motifs is 1. The maximum absolute atomic E-state index is 13.6. The molecule has 0 aliphatic heterocycles. The van der Waals surface area contributed by atoms with E-state index in [2.05, 4.69) is 68.2 Å². The van der Waals surface area contributed by atoms with E-state index in [-0.39, 0.29) is 42.6 Å². The molecule has 4 amide bonds. The van der Waals surface area contributed by atoms with Gasteiger partial charge >= 0.3 is 12.1 Å². The normalized spacial score (nSPS) is 15.3. The van der Waals surface area contributed by atoms with E-state index in [4.69, 9.17) is 15.2 Å². The summed E-state index contributed by atoms with van der Waals surface area (Å²) in [5.74, 6) is -1.48. The van der Waals surface area contributed by atoms with E-state index in [1.165, 1.54) is 5.56 Å². The summed E-state index contributed by atoms with van der Waals surface area (Å²) in [6, 6.07) is 5.77. The van der Waals surface area contributed by atoms with Crippen molar-refractivity contribution in [3.05, 3.63) is 35.5 Å². The van der Waals surface area contributed by atoms with Crippen LogP contribution in [0.15, 0.2) is 24.4 Å². The van der Waals surface area contributed by atoms with Gasteiger partial charge in [0, 0.05) is 63.9 Å². The molecule has 284 valence electrons. The molecule has 0 bridgehead atoms. The number of H-pyrrole nitrogens is 1. The molecule has 0 saturated heterocycles. The molecule has 5 unspecified atom stereocenters. The van der Waals surface area contributed by atoms with Crippen LogP contribution in [0.2, 0.25) is 25.7 Å². The molecule has 11 nitrogen and oxygen atoms in total. The molecule has 0 spiro atoms. The van der Waals surface area contributed by atoms with Crippen molar-refractivity contribution in [1.29, 1.82) is 0 Å². The van der Waals surface area contributed by atoms with Gasteiger partial charge in [-0.2, -0.15) is 0 Å². The molecule has 1 aromatic heterocycles. The highest BCUT2D eigenvalue weighted by Gasteiger charge is 2.37. The van der Waals surface area contributed by atoms with Crippen LogP contribution in [-0.4, -0.2) is 91.8 Å². The number of aliphatic hydroxyl groups excluding tert-OH is 1. The Bertz CT molecular complexity index is 1360. The van der Waals surface area contributed by atoms with Crippen molar-refractivity contribution in [1.82, 2.24) is 15.2 Å². The number of imide groups is 1. The summed E-state index contributed by atoms with van der Waals surface area (Å²) in [4.78, 5) is 42.5. The first-order valence-electron chi connectivity index (χ1n) is 18.3. The van der Waals surface area contributed by atoms with Crippen molar-refractivity contribution in [3.8, 4) is 0 Å². The number of hydrogen-bond acceptors (Lipinski definition) is 6. The molecule has 50 heavy (non-hydrogen) atoms. The third-order valence-corrected chi connectivity index (χ3v) is 11.4. The van der Waals surface area contributed by atoms with E-state index >= 15 is 0 Å². The topological polar surface area (TPSA) is 167 Å². The summed E-state index contributed by atoms with van der Waals surface area (Å²) >= 11 is 0. The molecule has 0 radical (unpaired) electrons. The van der Waals surface area contributed by atoms with Crippen molar-refractivity contribution in [2.24, 2.45) is 35.3 Å². The van der Waals surface area contributed by atoms with Crippen LogP contribution in [0.25, 0.3) is 10.9 Å². The number of aliphatic hydroxyl groups is 1. The molecular weight excluding hydrogens is 653 g/mol. The third-order valence-electron chi connectivity index (χ3n) is 9.68. The number of aromatic amines is 1. The Labute approximate surface area is 301 Å². The number of nitrogens with zero attached hydrogens (tertiary/aromatic N) is 1. The van der Waals surface area contributed by atoms with Crippen LogP contribution in [0, 0.1) is 29.6 Å². The zero-order valence-corrected chi connectivity index (χ0v) is 33.3. The second-order valence-electron chi connectivity index (χ2n) is 16.2. The second kappa shape index (κ2) is 20.2. The Hall–Kier alpha value is -2.93. The van der Waals surface area contributed by atoms with E-state index in [9.17, 15) is 24.6 Å². The standard InChI is InChI=1S/C38H66N4O7Si/c1-24(2)22-42(37(39)45)36(44)30(26(5)6)20-35(43)34(41-38(46)47)19-29(25(3)4)32(23-49-16-17-50(8,9)10)27-13-14-33-31(18-27)28(21-40-33)12-11-15-48-7/h13-14,18,21,24-26,29-30,32,34-35,40-41,43H,11-12,15-17,19-20,22-23H2,1-10H3,(H2,39,45)(H,46,47). The molecule has 0 fully saturated rings. The number of methoxy groups -OCH3 is 1. The Balaban J connectivity index is 2.51. The Kier molecular flexibility index (Phi) is 17.5. The van der Waals surface area contributed by atoms with Gasteiger partial charge in [0.2, 0.25) is 5.91 Å². The zero-order valence-electron chi connectivity index (χ0n) is 32.3. The summed E-state index contributed by atoms with van der Waals surface area (Å²) in [6.07, 6.45) is 1.69. The average Bonchev–Trinajstić information content (AvgIpc) is 3.41. The van der Waals surface area contributed by atoms with Crippen LogP contribution in [0.3, 0.4) is 0 Å². The van der Waals surface area contributed by atoms with Crippen molar-refractivity contribution in [3.63, 3.8) is 0 Å². The molecule has 1 aromatic carbocycles. The minimum absolute atomic E-state index is 0.00855. The Morgan fingerprint density at radius 2 is 1.70 bits per heavy atom. The van der Waals surface area contributed by atoms with E-state index < -0.39 is 44.2 Å². The Morgan fingerprint density at radius 1 is 1.02 bits per heavy atom. The number of aromatic nitrogens is 1. The second-order valence-corrected chi connectivity index (χ2v) is 21.9. The van der Waals surface area contributed by atoms with Gasteiger partial charge in [0.1, 0.15) is 0 Å². The zero-order chi connectivity index (χ0) is 37.8. The van der Waals surface area contributed by atoms with Gasteiger partial charge in [-0.1, -0.05) is 67.2 Å². The van der Waals surface area contributed by atoms with Gasteiger partial charge in [0.25, 0.3) is 0 Å². The average molecular weight is 719 g/mol. The number of nitrogens with two attached hydrogens (primary N) is 1. The maximum Gasteiger partial charge on any atom is 0.404 e. The fraction of sp³-hybridized carbons (Fsp3) is 0.711. The molecule has 2 aromatic rings. The number of primary amides is 1. The number of urea groups is 1. The lowest BCUT2D eigenvalue weighted by molar-refractivity contribution is -0.135. The highest BCUT2D eigenvalue weighted by Crippen LogP contribution is 2.37. The van der Waals surface area contributed by atoms with Gasteiger partial charge in [0.05, 0.1) is 18.8 Å². The SMILES string of the molecule is COCCCc1c[nH]c2ccc(C(COCC[Si](C)(C)C)C(CC(NC(=O)O)C(O)CC(C(=O)N(CC(C)C)C(N)=O)C(C)C)C(C)C)cc12. The number of nitrogens with one attached hydrogen (secondary N) is 2. The predicted molar refractivity (Wildman–Crippen MR) is 203 cm³/mol. The van der Waals surface area contributed by atoms with Gasteiger partial charge in [-0.25, -0.2) is 9.59 Å². The number of carbonyl (C=O) groups excluding carboxylic acids is 2. The van der Waals surface area contributed by atoms with Gasteiger partial charge in [0.15, 0.2) is 0 Å². The summed E-state index contributed by atoms with van der Waals surface area (Å²) in [5.41, 5.74) is 8.97. The summed E-state index contributed by atoms with van der Waals surface area (Å²) in [6.45, 7) is 20.6. The minimum Gasteiger partial charge on any atom is -0.465 e.